The van der Waals surface area contributed by atoms with E-state index in [0.717, 1.165) is 27.7 Å². The molecule has 3 heterocycles. The van der Waals surface area contributed by atoms with Crippen LogP contribution in [0.1, 0.15) is 37.6 Å². The summed E-state index contributed by atoms with van der Waals surface area (Å²) in [4.78, 5) is 31.4. The van der Waals surface area contributed by atoms with Gasteiger partial charge in [0.25, 0.3) is 0 Å². The lowest BCUT2D eigenvalue weighted by Gasteiger charge is -2.30. The fraction of sp³-hybridized carbons (Fsp3) is 0.348. The average Bonchev–Trinajstić information content (AvgIpc) is 3.05. The molecule has 0 fully saturated rings. The summed E-state index contributed by atoms with van der Waals surface area (Å²) in [7, 11) is 0. The SMILES string of the molecule is CC(C)(C)OC(=O)N1CCc2c(c3ccccc3n2C(=O)NCc2ccnc(Cl)c2)C1. The highest BCUT2D eigenvalue weighted by Crippen LogP contribution is 2.31. The topological polar surface area (TPSA) is 76.5 Å². The summed E-state index contributed by atoms with van der Waals surface area (Å²) in [5, 5.41) is 4.32. The maximum Gasteiger partial charge on any atom is 0.410 e. The summed E-state index contributed by atoms with van der Waals surface area (Å²) in [5.74, 6) is 0. The molecule has 0 atom stereocenters. The first-order chi connectivity index (χ1) is 14.7. The maximum atomic E-state index is 13.2. The molecule has 2 amide bonds. The molecule has 0 bridgehead atoms. The molecule has 162 valence electrons. The van der Waals surface area contributed by atoms with Crippen molar-refractivity contribution in [2.75, 3.05) is 6.54 Å². The Bertz CT molecular complexity index is 1150. The van der Waals surface area contributed by atoms with Gasteiger partial charge in [-0.1, -0.05) is 29.8 Å². The van der Waals surface area contributed by atoms with Crippen LogP contribution in [0.4, 0.5) is 9.59 Å². The van der Waals surface area contributed by atoms with Crippen molar-refractivity contribution in [3.8, 4) is 0 Å². The first kappa shape index (κ1) is 21.2. The number of carbonyl (C=O) groups is 2. The van der Waals surface area contributed by atoms with E-state index in [4.69, 9.17) is 16.3 Å². The number of para-hydroxylation sites is 1. The Kier molecular flexibility index (Phi) is 5.62. The number of nitrogens with zero attached hydrogens (tertiary/aromatic N) is 3. The zero-order valence-corrected chi connectivity index (χ0v) is 18.6. The van der Waals surface area contributed by atoms with E-state index in [1.165, 1.54) is 0 Å². The molecule has 8 heteroatoms. The molecular formula is C23H25ClN4O3. The molecule has 4 rings (SSSR count). The minimum atomic E-state index is -0.554. The van der Waals surface area contributed by atoms with Crippen LogP contribution < -0.4 is 5.32 Å². The lowest BCUT2D eigenvalue weighted by molar-refractivity contribution is 0.0224. The van der Waals surface area contributed by atoms with E-state index in [1.807, 2.05) is 51.1 Å². The molecule has 0 unspecified atom stereocenters. The second kappa shape index (κ2) is 8.23. The van der Waals surface area contributed by atoms with Crippen LogP contribution in [0.25, 0.3) is 10.9 Å². The summed E-state index contributed by atoms with van der Waals surface area (Å²) in [6, 6.07) is 11.1. The summed E-state index contributed by atoms with van der Waals surface area (Å²) >= 11 is 5.94. The van der Waals surface area contributed by atoms with Gasteiger partial charge in [-0.2, -0.15) is 0 Å². The predicted octanol–water partition coefficient (Wildman–Crippen LogP) is 4.74. The highest BCUT2D eigenvalue weighted by Gasteiger charge is 2.30. The number of carbonyl (C=O) groups excluding carboxylic acids is 2. The molecule has 3 aromatic rings. The van der Waals surface area contributed by atoms with Crippen molar-refractivity contribution >= 4 is 34.6 Å². The molecule has 2 aromatic heterocycles. The van der Waals surface area contributed by atoms with E-state index >= 15 is 0 Å². The van der Waals surface area contributed by atoms with Crippen molar-refractivity contribution in [1.29, 1.82) is 0 Å². The van der Waals surface area contributed by atoms with Crippen molar-refractivity contribution < 1.29 is 14.3 Å². The molecule has 0 aliphatic carbocycles. The van der Waals surface area contributed by atoms with Crippen LogP contribution in [0.5, 0.6) is 0 Å². The van der Waals surface area contributed by atoms with Gasteiger partial charge < -0.3 is 15.0 Å². The number of rotatable bonds is 2. The van der Waals surface area contributed by atoms with E-state index in [0.29, 0.717) is 31.2 Å². The van der Waals surface area contributed by atoms with Crippen LogP contribution in [0.3, 0.4) is 0 Å². The number of benzene rings is 1. The molecule has 1 N–H and O–H groups in total. The van der Waals surface area contributed by atoms with E-state index in [1.54, 1.807) is 21.7 Å². The van der Waals surface area contributed by atoms with Crippen LogP contribution >= 0.6 is 11.6 Å². The van der Waals surface area contributed by atoms with E-state index in [-0.39, 0.29) is 12.1 Å². The van der Waals surface area contributed by atoms with Gasteiger partial charge in [0, 0.05) is 42.4 Å². The van der Waals surface area contributed by atoms with Crippen LogP contribution in [0.15, 0.2) is 42.6 Å². The number of hydrogen-bond acceptors (Lipinski definition) is 4. The van der Waals surface area contributed by atoms with Crippen LogP contribution in [-0.2, 0) is 24.2 Å². The summed E-state index contributed by atoms with van der Waals surface area (Å²) < 4.78 is 7.26. The Labute approximate surface area is 186 Å². The Morgan fingerprint density at radius 1 is 1.23 bits per heavy atom. The fourth-order valence-electron chi connectivity index (χ4n) is 3.83. The molecule has 31 heavy (non-hydrogen) atoms. The van der Waals surface area contributed by atoms with Gasteiger partial charge >= 0.3 is 12.1 Å². The highest BCUT2D eigenvalue weighted by atomic mass is 35.5. The van der Waals surface area contributed by atoms with Crippen LogP contribution in [0, 0.1) is 0 Å². The first-order valence-electron chi connectivity index (χ1n) is 10.2. The van der Waals surface area contributed by atoms with Gasteiger partial charge in [-0.15, -0.1) is 0 Å². The molecule has 0 radical (unpaired) electrons. The molecule has 7 nitrogen and oxygen atoms in total. The minimum Gasteiger partial charge on any atom is -0.444 e. The van der Waals surface area contributed by atoms with Crippen molar-refractivity contribution in [1.82, 2.24) is 19.8 Å². The monoisotopic (exact) mass is 440 g/mol. The number of nitrogens with one attached hydrogen (secondary N) is 1. The minimum absolute atomic E-state index is 0.212. The van der Waals surface area contributed by atoms with Gasteiger partial charge in [0.15, 0.2) is 0 Å². The van der Waals surface area contributed by atoms with Gasteiger partial charge in [-0.05, 0) is 44.5 Å². The Hall–Kier alpha value is -3.06. The molecule has 1 aliphatic heterocycles. The third-order valence-electron chi connectivity index (χ3n) is 5.15. The number of ether oxygens (including phenoxy) is 1. The van der Waals surface area contributed by atoms with Crippen LogP contribution in [-0.4, -0.2) is 38.7 Å². The van der Waals surface area contributed by atoms with Gasteiger partial charge in [0.05, 0.1) is 12.1 Å². The third kappa shape index (κ3) is 4.51. The number of pyridine rings is 1. The van der Waals surface area contributed by atoms with Gasteiger partial charge in [0.2, 0.25) is 0 Å². The predicted molar refractivity (Wildman–Crippen MR) is 119 cm³/mol. The van der Waals surface area contributed by atoms with E-state index in [2.05, 4.69) is 10.3 Å². The van der Waals surface area contributed by atoms with Crippen molar-refractivity contribution in [3.05, 3.63) is 64.6 Å². The zero-order valence-electron chi connectivity index (χ0n) is 17.8. The number of fused-ring (bicyclic) bond motifs is 3. The lowest BCUT2D eigenvalue weighted by Crippen LogP contribution is -2.40. The zero-order chi connectivity index (χ0) is 22.2. The lowest BCUT2D eigenvalue weighted by atomic mass is 10.0. The number of halogens is 1. The highest BCUT2D eigenvalue weighted by molar-refractivity contribution is 6.29. The summed E-state index contributed by atoms with van der Waals surface area (Å²) in [5.41, 5.74) is 3.04. The smallest absolute Gasteiger partial charge is 0.410 e. The van der Waals surface area contributed by atoms with Crippen molar-refractivity contribution in [2.45, 2.75) is 45.9 Å². The van der Waals surface area contributed by atoms with E-state index in [9.17, 15) is 9.59 Å². The van der Waals surface area contributed by atoms with E-state index < -0.39 is 5.60 Å². The Morgan fingerprint density at radius 2 is 2.00 bits per heavy atom. The van der Waals surface area contributed by atoms with Crippen molar-refractivity contribution in [3.63, 3.8) is 0 Å². The molecule has 1 aromatic carbocycles. The number of aromatic nitrogens is 2. The standard InChI is InChI=1S/C23H25ClN4O3/c1-23(2,3)31-22(30)27-11-9-19-17(14-27)16-6-4-5-7-18(16)28(19)21(29)26-13-15-8-10-25-20(24)12-15/h4-8,10,12H,9,11,13-14H2,1-3H3,(H,26,29). The van der Waals surface area contributed by atoms with Gasteiger partial charge in [-0.3, -0.25) is 4.57 Å². The second-order valence-electron chi connectivity index (χ2n) is 8.58. The van der Waals surface area contributed by atoms with Crippen molar-refractivity contribution in [2.24, 2.45) is 0 Å². The number of hydrogen-bond donors (Lipinski definition) is 1. The molecule has 0 saturated heterocycles. The summed E-state index contributed by atoms with van der Waals surface area (Å²) in [6.07, 6.45) is 1.84. The summed E-state index contributed by atoms with van der Waals surface area (Å²) in [6.45, 7) is 6.80. The molecule has 0 spiro atoms. The average molecular weight is 441 g/mol. The maximum absolute atomic E-state index is 13.2. The van der Waals surface area contributed by atoms with Gasteiger partial charge in [-0.25, -0.2) is 14.6 Å². The first-order valence-corrected chi connectivity index (χ1v) is 10.6. The molecule has 1 aliphatic rings. The largest absolute Gasteiger partial charge is 0.444 e. The Balaban J connectivity index is 1.61. The second-order valence-corrected chi connectivity index (χ2v) is 8.96. The molecule has 0 saturated carbocycles. The fourth-order valence-corrected chi connectivity index (χ4v) is 4.03. The third-order valence-corrected chi connectivity index (χ3v) is 5.35. The number of amides is 2. The Morgan fingerprint density at radius 3 is 2.74 bits per heavy atom. The normalized spacial score (nSPS) is 13.7. The quantitative estimate of drug-likeness (QED) is 0.584. The molecular weight excluding hydrogens is 416 g/mol. The van der Waals surface area contributed by atoms with Crippen LogP contribution in [0.2, 0.25) is 5.15 Å². The van der Waals surface area contributed by atoms with Gasteiger partial charge in [0.1, 0.15) is 10.8 Å².